The molecule has 1 unspecified atom stereocenters. The van der Waals surface area contributed by atoms with Crippen LogP contribution in [0.1, 0.15) is 32.8 Å². The van der Waals surface area contributed by atoms with E-state index in [2.05, 4.69) is 10.1 Å². The van der Waals surface area contributed by atoms with Crippen LogP contribution in [0.3, 0.4) is 0 Å². The number of allylic oxidation sites excluding steroid dienone is 1. The van der Waals surface area contributed by atoms with Crippen LogP contribution >= 0.6 is 11.3 Å². The van der Waals surface area contributed by atoms with E-state index >= 15 is 0 Å². The van der Waals surface area contributed by atoms with Gasteiger partial charge in [0.25, 0.3) is 5.89 Å². The summed E-state index contributed by atoms with van der Waals surface area (Å²) >= 11 is 1.52. The molecule has 0 saturated carbocycles. The fourth-order valence-electron chi connectivity index (χ4n) is 1.40. The van der Waals surface area contributed by atoms with Gasteiger partial charge in [-0.2, -0.15) is 4.98 Å². The average Bonchev–Trinajstić information content (AvgIpc) is 2.99. The zero-order chi connectivity index (χ0) is 13.8. The molecule has 0 saturated heterocycles. The molecule has 0 aromatic carbocycles. The van der Waals surface area contributed by atoms with Crippen molar-refractivity contribution in [2.24, 2.45) is 0 Å². The minimum atomic E-state index is -0.565. The van der Waals surface area contributed by atoms with E-state index in [1.807, 2.05) is 31.4 Å². The first-order chi connectivity index (χ1) is 9.06. The Morgan fingerprint density at radius 1 is 1.53 bits per heavy atom. The van der Waals surface area contributed by atoms with Crippen LogP contribution in [-0.4, -0.2) is 16.1 Å². The number of carbonyl (C=O) groups is 1. The number of esters is 1. The largest absolute Gasteiger partial charge is 0.449 e. The number of nitrogens with zero attached hydrogens (tertiary/aromatic N) is 2. The Morgan fingerprint density at radius 3 is 2.95 bits per heavy atom. The fraction of sp³-hybridized carbons (Fsp3) is 0.308. The van der Waals surface area contributed by atoms with Gasteiger partial charge in [-0.05, 0) is 32.2 Å². The standard InChI is InChI=1S/C13H14N2O3S/c1-8(2)7-11(16)17-9(3)13-14-12(15-18-13)10-5-4-6-19-10/h4-7,9H,1-3H3. The molecule has 1 atom stereocenters. The molecule has 0 spiro atoms. The highest BCUT2D eigenvalue weighted by atomic mass is 32.1. The maximum atomic E-state index is 11.5. The first kappa shape index (κ1) is 13.5. The number of hydrogen-bond acceptors (Lipinski definition) is 6. The van der Waals surface area contributed by atoms with Crippen molar-refractivity contribution in [3.63, 3.8) is 0 Å². The van der Waals surface area contributed by atoms with Crippen molar-refractivity contribution in [1.29, 1.82) is 0 Å². The maximum Gasteiger partial charge on any atom is 0.331 e. The quantitative estimate of drug-likeness (QED) is 0.633. The third-order valence-electron chi connectivity index (χ3n) is 2.23. The molecule has 2 aromatic heterocycles. The maximum absolute atomic E-state index is 11.5. The minimum absolute atomic E-state index is 0.291. The van der Waals surface area contributed by atoms with Crippen LogP contribution in [0.5, 0.6) is 0 Å². The van der Waals surface area contributed by atoms with Crippen LogP contribution in [0.4, 0.5) is 0 Å². The summed E-state index contributed by atoms with van der Waals surface area (Å²) in [6, 6.07) is 3.81. The molecule has 19 heavy (non-hydrogen) atoms. The van der Waals surface area contributed by atoms with Crippen molar-refractivity contribution in [3.05, 3.63) is 35.1 Å². The van der Waals surface area contributed by atoms with Gasteiger partial charge in [-0.3, -0.25) is 0 Å². The SMILES string of the molecule is CC(C)=CC(=O)OC(C)c1nc(-c2cccs2)no1. The summed E-state index contributed by atoms with van der Waals surface area (Å²) in [5, 5.41) is 5.80. The summed E-state index contributed by atoms with van der Waals surface area (Å²) in [6.45, 7) is 5.35. The first-order valence-electron chi connectivity index (χ1n) is 5.79. The predicted octanol–water partition coefficient (Wildman–Crippen LogP) is 3.37. The van der Waals surface area contributed by atoms with Crippen LogP contribution in [0.2, 0.25) is 0 Å². The van der Waals surface area contributed by atoms with Gasteiger partial charge < -0.3 is 9.26 Å². The van der Waals surface area contributed by atoms with E-state index in [-0.39, 0.29) is 0 Å². The zero-order valence-electron chi connectivity index (χ0n) is 10.9. The van der Waals surface area contributed by atoms with Gasteiger partial charge in [0, 0.05) is 6.08 Å². The summed E-state index contributed by atoms with van der Waals surface area (Å²) in [7, 11) is 0. The zero-order valence-corrected chi connectivity index (χ0v) is 11.7. The smallest absolute Gasteiger partial charge is 0.331 e. The molecule has 6 heteroatoms. The topological polar surface area (TPSA) is 65.2 Å². The Bertz CT molecular complexity index is 583. The minimum Gasteiger partial charge on any atom is -0.449 e. The highest BCUT2D eigenvalue weighted by Crippen LogP contribution is 2.24. The van der Waals surface area contributed by atoms with Gasteiger partial charge in [0.1, 0.15) is 0 Å². The van der Waals surface area contributed by atoms with Crippen LogP contribution < -0.4 is 0 Å². The highest BCUT2D eigenvalue weighted by molar-refractivity contribution is 7.13. The molecule has 0 bridgehead atoms. The molecule has 5 nitrogen and oxygen atoms in total. The van der Waals surface area contributed by atoms with Crippen molar-refractivity contribution in [3.8, 4) is 10.7 Å². The molecular weight excluding hydrogens is 264 g/mol. The number of hydrogen-bond donors (Lipinski definition) is 0. The van der Waals surface area contributed by atoms with Crippen molar-refractivity contribution >= 4 is 17.3 Å². The van der Waals surface area contributed by atoms with Gasteiger partial charge in [0.2, 0.25) is 5.82 Å². The second kappa shape index (κ2) is 5.79. The third-order valence-corrected chi connectivity index (χ3v) is 3.10. The molecule has 2 heterocycles. The van der Waals surface area contributed by atoms with E-state index < -0.39 is 12.1 Å². The lowest BCUT2D eigenvalue weighted by Crippen LogP contribution is -2.06. The predicted molar refractivity (Wildman–Crippen MR) is 71.5 cm³/mol. The van der Waals surface area contributed by atoms with E-state index in [0.29, 0.717) is 11.7 Å². The molecule has 100 valence electrons. The number of carbonyl (C=O) groups excluding carboxylic acids is 1. The van der Waals surface area contributed by atoms with Gasteiger partial charge in [-0.15, -0.1) is 11.3 Å². The lowest BCUT2D eigenvalue weighted by atomic mass is 10.3. The van der Waals surface area contributed by atoms with Gasteiger partial charge in [0.05, 0.1) is 4.88 Å². The number of aromatic nitrogens is 2. The van der Waals surface area contributed by atoms with Crippen molar-refractivity contribution in [2.75, 3.05) is 0 Å². The number of rotatable bonds is 4. The molecule has 0 aliphatic carbocycles. The van der Waals surface area contributed by atoms with E-state index in [4.69, 9.17) is 9.26 Å². The fourth-order valence-corrected chi connectivity index (χ4v) is 2.05. The van der Waals surface area contributed by atoms with Gasteiger partial charge in [-0.25, -0.2) is 4.79 Å². The van der Waals surface area contributed by atoms with Crippen molar-refractivity contribution < 1.29 is 14.1 Å². The van der Waals surface area contributed by atoms with E-state index in [1.54, 1.807) is 6.92 Å². The second-order valence-corrected chi connectivity index (χ2v) is 5.18. The van der Waals surface area contributed by atoms with Crippen LogP contribution in [0.25, 0.3) is 10.7 Å². The average molecular weight is 278 g/mol. The molecule has 0 N–H and O–H groups in total. The van der Waals surface area contributed by atoms with Crippen molar-refractivity contribution in [2.45, 2.75) is 26.9 Å². The summed E-state index contributed by atoms with van der Waals surface area (Å²) in [6.07, 6.45) is 0.858. The molecule has 0 fully saturated rings. The monoisotopic (exact) mass is 278 g/mol. The summed E-state index contributed by atoms with van der Waals surface area (Å²) in [4.78, 5) is 16.6. The molecule has 0 aliphatic rings. The summed E-state index contributed by atoms with van der Waals surface area (Å²) < 4.78 is 10.3. The van der Waals surface area contributed by atoms with E-state index in [1.165, 1.54) is 17.4 Å². The Kier molecular flexibility index (Phi) is 4.11. The molecule has 0 amide bonds. The number of ether oxygens (including phenoxy) is 1. The molecule has 0 aliphatic heterocycles. The first-order valence-corrected chi connectivity index (χ1v) is 6.67. The van der Waals surface area contributed by atoms with E-state index in [0.717, 1.165) is 10.5 Å². The normalized spacial score (nSPS) is 11.9. The van der Waals surface area contributed by atoms with Crippen LogP contribution in [0.15, 0.2) is 33.7 Å². The van der Waals surface area contributed by atoms with Gasteiger partial charge >= 0.3 is 5.97 Å². The second-order valence-electron chi connectivity index (χ2n) is 4.23. The van der Waals surface area contributed by atoms with Crippen LogP contribution in [0, 0.1) is 0 Å². The number of thiophene rings is 1. The van der Waals surface area contributed by atoms with Gasteiger partial charge in [0.15, 0.2) is 6.10 Å². The molecule has 2 rings (SSSR count). The Balaban J connectivity index is 2.06. The lowest BCUT2D eigenvalue weighted by Gasteiger charge is -2.06. The molecule has 2 aromatic rings. The lowest BCUT2D eigenvalue weighted by molar-refractivity contribution is -0.143. The van der Waals surface area contributed by atoms with Gasteiger partial charge in [-0.1, -0.05) is 16.8 Å². The molecule has 0 radical (unpaired) electrons. The van der Waals surface area contributed by atoms with Crippen LogP contribution in [-0.2, 0) is 9.53 Å². The molecular formula is C13H14N2O3S. The van der Waals surface area contributed by atoms with Crippen molar-refractivity contribution in [1.82, 2.24) is 10.1 Å². The Morgan fingerprint density at radius 2 is 2.32 bits per heavy atom. The Labute approximate surface area is 114 Å². The summed E-state index contributed by atoms with van der Waals surface area (Å²) in [5.74, 6) is 0.386. The Hall–Kier alpha value is -1.95. The highest BCUT2D eigenvalue weighted by Gasteiger charge is 2.18. The van der Waals surface area contributed by atoms with E-state index in [9.17, 15) is 4.79 Å². The third kappa shape index (κ3) is 3.51. The summed E-state index contributed by atoms with van der Waals surface area (Å²) in [5.41, 5.74) is 0.877.